The highest BCUT2D eigenvalue weighted by Gasteiger charge is 2.63. The van der Waals surface area contributed by atoms with E-state index in [9.17, 15) is 9.59 Å². The first kappa shape index (κ1) is 19.1. The van der Waals surface area contributed by atoms with Crippen molar-refractivity contribution in [3.63, 3.8) is 0 Å². The third kappa shape index (κ3) is 3.06. The molecule has 1 N–H and O–H groups in total. The number of carbonyl (C=O) groups excluding carboxylic acids is 2. The van der Waals surface area contributed by atoms with Crippen molar-refractivity contribution in [3.05, 3.63) is 54.4 Å². The van der Waals surface area contributed by atoms with Crippen LogP contribution >= 0.6 is 0 Å². The largest absolute Gasteiger partial charge is 0.356 e. The molecule has 2 spiro atoms. The number of hydrogen-bond donors (Lipinski definition) is 1. The molecule has 2 aromatic heterocycles. The molecule has 0 bridgehead atoms. The lowest BCUT2D eigenvalue weighted by atomic mass is 9.60. The van der Waals surface area contributed by atoms with Gasteiger partial charge in [0.25, 0.3) is 5.91 Å². The average Bonchev–Trinajstić information content (AvgIpc) is 3.30. The molecule has 3 saturated heterocycles. The molecule has 3 fully saturated rings. The number of amides is 2. The van der Waals surface area contributed by atoms with E-state index in [0.717, 1.165) is 45.4 Å². The molecule has 0 radical (unpaired) electrons. The minimum Gasteiger partial charge on any atom is -0.356 e. The number of aromatic nitrogens is 3. The van der Waals surface area contributed by atoms with Gasteiger partial charge in [0.05, 0.1) is 11.6 Å². The molecule has 8 nitrogen and oxygen atoms in total. The zero-order chi connectivity index (χ0) is 20.6. The van der Waals surface area contributed by atoms with Crippen LogP contribution in [0.5, 0.6) is 0 Å². The van der Waals surface area contributed by atoms with E-state index in [2.05, 4.69) is 31.2 Å². The van der Waals surface area contributed by atoms with Gasteiger partial charge >= 0.3 is 0 Å². The highest BCUT2D eigenvalue weighted by Crippen LogP contribution is 2.56. The number of nitrogens with one attached hydrogen (secondary N) is 1. The molecule has 2 aromatic rings. The molecule has 0 aromatic carbocycles. The molecule has 5 heterocycles. The maximum absolute atomic E-state index is 13.1. The number of fused-ring (bicyclic) bond motifs is 1. The summed E-state index contributed by atoms with van der Waals surface area (Å²) in [4.78, 5) is 42.5. The van der Waals surface area contributed by atoms with Gasteiger partial charge in [-0.1, -0.05) is 6.07 Å². The lowest BCUT2D eigenvalue weighted by Crippen LogP contribution is -2.53. The molecule has 0 aliphatic carbocycles. The Labute approximate surface area is 175 Å². The van der Waals surface area contributed by atoms with E-state index in [1.807, 2.05) is 17.2 Å². The Morgan fingerprint density at radius 1 is 1.07 bits per heavy atom. The predicted octanol–water partition coefficient (Wildman–Crippen LogP) is 1.12. The van der Waals surface area contributed by atoms with Crippen molar-refractivity contribution in [2.75, 3.05) is 32.7 Å². The topological polar surface area (TPSA) is 91.3 Å². The second-order valence-corrected chi connectivity index (χ2v) is 8.76. The van der Waals surface area contributed by atoms with Crippen molar-refractivity contribution in [1.82, 2.24) is 30.1 Å². The van der Waals surface area contributed by atoms with Crippen LogP contribution in [0, 0.1) is 10.8 Å². The smallest absolute Gasteiger partial charge is 0.274 e. The number of nitrogens with zero attached hydrogens (tertiary/aromatic N) is 5. The van der Waals surface area contributed by atoms with E-state index < -0.39 is 0 Å². The molecule has 156 valence electrons. The zero-order valence-electron chi connectivity index (χ0n) is 17.0. The van der Waals surface area contributed by atoms with Gasteiger partial charge in [-0.05, 0) is 30.9 Å². The highest BCUT2D eigenvalue weighted by molar-refractivity contribution is 5.92. The van der Waals surface area contributed by atoms with Gasteiger partial charge in [0.15, 0.2) is 0 Å². The molecule has 0 saturated carbocycles. The van der Waals surface area contributed by atoms with Crippen LogP contribution in [-0.2, 0) is 11.3 Å². The molecule has 5 rings (SSSR count). The van der Waals surface area contributed by atoms with Crippen molar-refractivity contribution in [2.24, 2.45) is 10.8 Å². The van der Waals surface area contributed by atoms with Gasteiger partial charge in [-0.2, -0.15) is 0 Å². The SMILES string of the molecule is O=C(c1cnccn1)N1CCC2(CC1)CN(Cc1cccnc1)CC21CCNC1=O. The summed E-state index contributed by atoms with van der Waals surface area (Å²) >= 11 is 0. The van der Waals surface area contributed by atoms with Crippen LogP contribution in [0.4, 0.5) is 0 Å². The van der Waals surface area contributed by atoms with Gasteiger partial charge in [-0.25, -0.2) is 4.98 Å². The van der Waals surface area contributed by atoms with E-state index in [1.54, 1.807) is 18.6 Å². The fraction of sp³-hybridized carbons (Fsp3) is 0.500. The highest BCUT2D eigenvalue weighted by atomic mass is 16.2. The van der Waals surface area contributed by atoms with E-state index in [4.69, 9.17) is 0 Å². The summed E-state index contributed by atoms with van der Waals surface area (Å²) in [6, 6.07) is 4.04. The van der Waals surface area contributed by atoms with Crippen molar-refractivity contribution < 1.29 is 9.59 Å². The van der Waals surface area contributed by atoms with E-state index in [1.165, 1.54) is 11.8 Å². The van der Waals surface area contributed by atoms with Crippen LogP contribution in [0.3, 0.4) is 0 Å². The summed E-state index contributed by atoms with van der Waals surface area (Å²) in [7, 11) is 0. The Morgan fingerprint density at radius 3 is 2.57 bits per heavy atom. The second kappa shape index (κ2) is 7.43. The minimum absolute atomic E-state index is 0.0758. The number of pyridine rings is 1. The van der Waals surface area contributed by atoms with Crippen LogP contribution in [0.2, 0.25) is 0 Å². The van der Waals surface area contributed by atoms with Crippen LogP contribution < -0.4 is 5.32 Å². The maximum Gasteiger partial charge on any atom is 0.274 e. The molecule has 8 heteroatoms. The van der Waals surface area contributed by atoms with Crippen molar-refractivity contribution in [1.29, 1.82) is 0 Å². The summed E-state index contributed by atoms with van der Waals surface area (Å²) in [5.74, 6) is 0.109. The Bertz CT molecular complexity index is 929. The van der Waals surface area contributed by atoms with Crippen LogP contribution in [-0.4, -0.2) is 69.3 Å². The number of piperidine rings is 1. The normalized spacial score (nSPS) is 25.7. The average molecular weight is 406 g/mol. The predicted molar refractivity (Wildman–Crippen MR) is 109 cm³/mol. The first-order chi connectivity index (χ1) is 14.6. The molecule has 1 unspecified atom stereocenters. The summed E-state index contributed by atoms with van der Waals surface area (Å²) in [5, 5.41) is 3.09. The summed E-state index contributed by atoms with van der Waals surface area (Å²) in [6.45, 7) is 4.47. The summed E-state index contributed by atoms with van der Waals surface area (Å²) in [5.41, 5.74) is 1.08. The standard InChI is InChI=1S/C22H26N6O2/c29-19(18-13-24-8-9-25-18)28-10-4-21(5-11-28)15-27(14-17-2-1-6-23-12-17)16-22(21)3-7-26-20(22)30/h1-2,6,8-9,12-13H,3-5,7,10-11,14-16H2,(H,26,30). The van der Waals surface area contributed by atoms with Gasteiger partial charge in [0, 0.05) is 69.5 Å². The number of carbonyl (C=O) groups is 2. The van der Waals surface area contributed by atoms with E-state index >= 15 is 0 Å². The minimum atomic E-state index is -0.364. The Kier molecular flexibility index (Phi) is 4.73. The Morgan fingerprint density at radius 2 is 1.90 bits per heavy atom. The fourth-order valence-electron chi connectivity index (χ4n) is 5.72. The van der Waals surface area contributed by atoms with Gasteiger partial charge in [-0.15, -0.1) is 0 Å². The Balaban J connectivity index is 1.35. The van der Waals surface area contributed by atoms with E-state index in [0.29, 0.717) is 18.8 Å². The van der Waals surface area contributed by atoms with Crippen LogP contribution in [0.15, 0.2) is 43.1 Å². The quantitative estimate of drug-likeness (QED) is 0.821. The molecule has 30 heavy (non-hydrogen) atoms. The maximum atomic E-state index is 13.1. The molecule has 3 aliphatic heterocycles. The van der Waals surface area contributed by atoms with Crippen molar-refractivity contribution in [3.8, 4) is 0 Å². The summed E-state index contributed by atoms with van der Waals surface area (Å²) in [6.07, 6.45) is 10.8. The second-order valence-electron chi connectivity index (χ2n) is 8.76. The zero-order valence-corrected chi connectivity index (χ0v) is 17.0. The van der Waals surface area contributed by atoms with Gasteiger partial charge < -0.3 is 10.2 Å². The van der Waals surface area contributed by atoms with Crippen LogP contribution in [0.25, 0.3) is 0 Å². The number of likely N-dealkylation sites (tertiary alicyclic amines) is 2. The fourth-order valence-corrected chi connectivity index (χ4v) is 5.72. The van der Waals surface area contributed by atoms with Gasteiger partial charge in [0.1, 0.15) is 5.69 Å². The van der Waals surface area contributed by atoms with Crippen LogP contribution in [0.1, 0.15) is 35.3 Å². The third-order valence-corrected chi connectivity index (χ3v) is 7.23. The van der Waals surface area contributed by atoms with Gasteiger partial charge in [-0.3, -0.25) is 24.5 Å². The molecule has 2 amide bonds. The molecular formula is C22H26N6O2. The number of rotatable bonds is 3. The first-order valence-electron chi connectivity index (χ1n) is 10.6. The first-order valence-corrected chi connectivity index (χ1v) is 10.6. The lowest BCUT2D eigenvalue weighted by molar-refractivity contribution is -0.133. The van der Waals surface area contributed by atoms with Gasteiger partial charge in [0.2, 0.25) is 5.91 Å². The number of hydrogen-bond acceptors (Lipinski definition) is 6. The third-order valence-electron chi connectivity index (χ3n) is 7.23. The van der Waals surface area contributed by atoms with Crippen molar-refractivity contribution >= 4 is 11.8 Å². The summed E-state index contributed by atoms with van der Waals surface area (Å²) < 4.78 is 0. The Hall–Kier alpha value is -2.87. The molecule has 1 atom stereocenters. The molecular weight excluding hydrogens is 380 g/mol. The lowest BCUT2D eigenvalue weighted by Gasteiger charge is -2.46. The molecule has 3 aliphatic rings. The van der Waals surface area contributed by atoms with E-state index in [-0.39, 0.29) is 22.6 Å². The van der Waals surface area contributed by atoms with Crippen molar-refractivity contribution in [2.45, 2.75) is 25.8 Å². The monoisotopic (exact) mass is 406 g/mol.